The second-order valence-corrected chi connectivity index (χ2v) is 9.40. The highest BCUT2D eigenvalue weighted by atomic mass is 32.2. The van der Waals surface area contributed by atoms with Crippen molar-refractivity contribution in [3.8, 4) is 0 Å². The summed E-state index contributed by atoms with van der Waals surface area (Å²) in [6.07, 6.45) is 1.45. The molecule has 2 saturated heterocycles. The summed E-state index contributed by atoms with van der Waals surface area (Å²) >= 11 is 1.76. The van der Waals surface area contributed by atoms with Gasteiger partial charge in [-0.1, -0.05) is 6.07 Å². The molecule has 2 fully saturated rings. The molecule has 1 aromatic heterocycles. The number of thiophene rings is 1. The molecule has 0 aliphatic carbocycles. The molecule has 0 spiro atoms. The van der Waals surface area contributed by atoms with Gasteiger partial charge in [-0.25, -0.2) is 8.42 Å². The summed E-state index contributed by atoms with van der Waals surface area (Å²) in [6, 6.07) is 4.20. The third kappa shape index (κ3) is 3.88. The quantitative estimate of drug-likeness (QED) is 0.829. The number of sulfone groups is 1. The summed E-state index contributed by atoms with van der Waals surface area (Å²) in [5.41, 5.74) is 0. The van der Waals surface area contributed by atoms with Gasteiger partial charge in [0.15, 0.2) is 9.84 Å². The van der Waals surface area contributed by atoms with Crippen molar-refractivity contribution in [2.24, 2.45) is 5.92 Å². The average molecular weight is 342 g/mol. The molecule has 5 nitrogen and oxygen atoms in total. The van der Waals surface area contributed by atoms with E-state index in [2.05, 4.69) is 22.4 Å². The zero-order valence-corrected chi connectivity index (χ0v) is 14.2. The minimum atomic E-state index is -2.99. The molecule has 7 heteroatoms. The van der Waals surface area contributed by atoms with E-state index in [1.54, 1.807) is 11.3 Å². The normalized spacial score (nSPS) is 26.0. The second kappa shape index (κ2) is 6.68. The van der Waals surface area contributed by atoms with Crippen molar-refractivity contribution in [2.45, 2.75) is 19.4 Å². The first-order chi connectivity index (χ1) is 10.5. The Bertz CT molecular complexity index is 613. The van der Waals surface area contributed by atoms with Crippen LogP contribution in [0.15, 0.2) is 17.5 Å². The molecule has 0 N–H and O–H groups in total. The largest absolute Gasteiger partial charge is 0.341 e. The van der Waals surface area contributed by atoms with Crippen LogP contribution >= 0.6 is 11.3 Å². The first-order valence-corrected chi connectivity index (χ1v) is 10.5. The Balaban J connectivity index is 1.55. The van der Waals surface area contributed by atoms with E-state index in [9.17, 15) is 13.2 Å². The molecule has 3 rings (SSSR count). The molecule has 0 bridgehead atoms. The van der Waals surface area contributed by atoms with Crippen molar-refractivity contribution in [3.05, 3.63) is 22.4 Å². The number of rotatable bonds is 3. The Kier molecular flexibility index (Phi) is 4.84. The second-order valence-electron chi connectivity index (χ2n) is 6.13. The molecule has 2 aliphatic heterocycles. The summed E-state index contributed by atoms with van der Waals surface area (Å²) in [5.74, 6) is -0.0592. The zero-order valence-electron chi connectivity index (χ0n) is 12.6. The molecule has 22 heavy (non-hydrogen) atoms. The third-order valence-corrected chi connectivity index (χ3v) is 7.07. The summed E-state index contributed by atoms with van der Waals surface area (Å²) in [7, 11) is -2.99. The van der Waals surface area contributed by atoms with Gasteiger partial charge in [0.25, 0.3) is 0 Å². The van der Waals surface area contributed by atoms with Gasteiger partial charge in [-0.2, -0.15) is 0 Å². The van der Waals surface area contributed by atoms with Crippen LogP contribution in [-0.4, -0.2) is 61.8 Å². The van der Waals surface area contributed by atoms with Crippen molar-refractivity contribution >= 4 is 27.1 Å². The van der Waals surface area contributed by atoms with Crippen LogP contribution in [-0.2, 0) is 21.2 Å². The van der Waals surface area contributed by atoms with Crippen molar-refractivity contribution < 1.29 is 13.2 Å². The molecule has 1 aromatic rings. The molecule has 1 amide bonds. The molecule has 0 unspecified atom stereocenters. The Morgan fingerprint density at radius 2 is 2.14 bits per heavy atom. The van der Waals surface area contributed by atoms with Gasteiger partial charge in [0.2, 0.25) is 5.91 Å². The fourth-order valence-electron chi connectivity index (χ4n) is 3.22. The number of nitrogens with zero attached hydrogens (tertiary/aromatic N) is 2. The Morgan fingerprint density at radius 1 is 1.27 bits per heavy atom. The molecule has 0 saturated carbocycles. The third-order valence-electron chi connectivity index (χ3n) is 4.44. The summed E-state index contributed by atoms with van der Waals surface area (Å²) < 4.78 is 23.1. The van der Waals surface area contributed by atoms with Crippen LogP contribution in [0.3, 0.4) is 0 Å². The summed E-state index contributed by atoms with van der Waals surface area (Å²) in [6.45, 7) is 4.25. The maximum atomic E-state index is 12.5. The van der Waals surface area contributed by atoms with Gasteiger partial charge in [0, 0.05) is 37.6 Å². The molecule has 122 valence electrons. The number of amides is 1. The van der Waals surface area contributed by atoms with Gasteiger partial charge in [-0.15, -0.1) is 11.3 Å². The van der Waals surface area contributed by atoms with E-state index in [0.717, 1.165) is 32.6 Å². The predicted molar refractivity (Wildman–Crippen MR) is 87.6 cm³/mol. The Morgan fingerprint density at radius 3 is 2.82 bits per heavy atom. The van der Waals surface area contributed by atoms with Crippen LogP contribution in [0.1, 0.15) is 17.7 Å². The molecule has 0 aromatic carbocycles. The number of carbonyl (C=O) groups is 1. The van der Waals surface area contributed by atoms with Gasteiger partial charge in [0.1, 0.15) is 0 Å². The van der Waals surface area contributed by atoms with E-state index in [-0.39, 0.29) is 23.3 Å². The van der Waals surface area contributed by atoms with Gasteiger partial charge >= 0.3 is 0 Å². The highest BCUT2D eigenvalue weighted by Crippen LogP contribution is 2.22. The van der Waals surface area contributed by atoms with Gasteiger partial charge in [-0.05, 0) is 24.3 Å². The topological polar surface area (TPSA) is 57.7 Å². The zero-order chi connectivity index (χ0) is 15.6. The van der Waals surface area contributed by atoms with Crippen molar-refractivity contribution in [1.82, 2.24) is 9.80 Å². The van der Waals surface area contributed by atoms with Crippen LogP contribution in [0, 0.1) is 5.92 Å². The van der Waals surface area contributed by atoms with E-state index < -0.39 is 9.84 Å². The molecule has 1 atom stereocenters. The van der Waals surface area contributed by atoms with Crippen molar-refractivity contribution in [2.75, 3.05) is 37.7 Å². The first-order valence-electron chi connectivity index (χ1n) is 7.77. The Labute approximate surface area is 135 Å². The lowest BCUT2D eigenvalue weighted by molar-refractivity contribution is -0.134. The predicted octanol–water partition coefficient (Wildman–Crippen LogP) is 1.22. The SMILES string of the molecule is O=C([C@H]1CCS(=O)(=O)C1)N1CCCN(Cc2cccs2)CC1. The number of hydrogen-bond donors (Lipinski definition) is 0. The van der Waals surface area contributed by atoms with Crippen LogP contribution in [0.25, 0.3) is 0 Å². The van der Waals surface area contributed by atoms with Gasteiger partial charge in [0.05, 0.1) is 17.4 Å². The first kappa shape index (κ1) is 16.0. The van der Waals surface area contributed by atoms with Gasteiger partial charge < -0.3 is 4.90 Å². The highest BCUT2D eigenvalue weighted by molar-refractivity contribution is 7.91. The van der Waals surface area contributed by atoms with Crippen LogP contribution in [0.4, 0.5) is 0 Å². The Hall–Kier alpha value is -0.920. The maximum absolute atomic E-state index is 12.5. The molecular formula is C15H22N2O3S2. The summed E-state index contributed by atoms with van der Waals surface area (Å²) in [5, 5.41) is 2.09. The lowest BCUT2D eigenvalue weighted by Gasteiger charge is -2.24. The highest BCUT2D eigenvalue weighted by Gasteiger charge is 2.35. The molecule has 3 heterocycles. The van der Waals surface area contributed by atoms with E-state index in [0.29, 0.717) is 13.0 Å². The minimum absolute atomic E-state index is 0.0408. The van der Waals surface area contributed by atoms with Crippen LogP contribution < -0.4 is 0 Å². The van der Waals surface area contributed by atoms with E-state index in [1.807, 2.05) is 4.90 Å². The maximum Gasteiger partial charge on any atom is 0.226 e. The van der Waals surface area contributed by atoms with Crippen molar-refractivity contribution in [3.63, 3.8) is 0 Å². The smallest absolute Gasteiger partial charge is 0.226 e. The molecule has 0 radical (unpaired) electrons. The van der Waals surface area contributed by atoms with Crippen LogP contribution in [0.2, 0.25) is 0 Å². The fourth-order valence-corrected chi connectivity index (χ4v) is 5.70. The molecular weight excluding hydrogens is 320 g/mol. The lowest BCUT2D eigenvalue weighted by atomic mass is 10.1. The monoisotopic (exact) mass is 342 g/mol. The van der Waals surface area contributed by atoms with Crippen molar-refractivity contribution in [1.29, 1.82) is 0 Å². The van der Waals surface area contributed by atoms with E-state index >= 15 is 0 Å². The number of hydrogen-bond acceptors (Lipinski definition) is 5. The standard InChI is InChI=1S/C15H22N2O3S2/c18-15(13-4-10-22(19,20)12-13)17-6-2-5-16(7-8-17)11-14-3-1-9-21-14/h1,3,9,13H,2,4-8,10-12H2/t13-/m0/s1. The van der Waals surface area contributed by atoms with Crippen LogP contribution in [0.5, 0.6) is 0 Å². The number of carbonyl (C=O) groups excluding carboxylic acids is 1. The fraction of sp³-hybridized carbons (Fsp3) is 0.667. The average Bonchev–Trinajstić information content (AvgIpc) is 3.03. The summed E-state index contributed by atoms with van der Waals surface area (Å²) in [4.78, 5) is 18.1. The van der Waals surface area contributed by atoms with Gasteiger partial charge in [-0.3, -0.25) is 9.69 Å². The minimum Gasteiger partial charge on any atom is -0.341 e. The lowest BCUT2D eigenvalue weighted by Crippen LogP contribution is -2.39. The van der Waals surface area contributed by atoms with E-state index in [4.69, 9.17) is 0 Å². The van der Waals surface area contributed by atoms with E-state index in [1.165, 1.54) is 4.88 Å². The molecule has 2 aliphatic rings.